The number of nitrogens with one attached hydrogen (secondary N) is 1. The third-order valence-corrected chi connectivity index (χ3v) is 6.62. The molecule has 12 heteroatoms. The molecule has 2 aromatic carbocycles. The number of halogens is 1. The summed E-state index contributed by atoms with van der Waals surface area (Å²) in [5, 5.41) is 13.9. The van der Waals surface area contributed by atoms with E-state index < -0.39 is 45.2 Å². The minimum atomic E-state index is -4.05. The Balaban J connectivity index is 2.44. The van der Waals surface area contributed by atoms with Crippen molar-refractivity contribution in [2.75, 3.05) is 17.1 Å². The number of hydrogen-bond donors (Lipinski definition) is 1. The van der Waals surface area contributed by atoms with Gasteiger partial charge in [-0.25, -0.2) is 12.8 Å². The highest BCUT2D eigenvalue weighted by molar-refractivity contribution is 7.92. The molecule has 0 saturated heterocycles. The van der Waals surface area contributed by atoms with Crippen molar-refractivity contribution in [2.45, 2.75) is 45.8 Å². The van der Waals surface area contributed by atoms with Crippen molar-refractivity contribution in [2.24, 2.45) is 0 Å². The van der Waals surface area contributed by atoms with Crippen molar-refractivity contribution in [3.63, 3.8) is 0 Å². The van der Waals surface area contributed by atoms with Crippen LogP contribution in [0.4, 0.5) is 15.8 Å². The minimum absolute atomic E-state index is 0.0856. The van der Waals surface area contributed by atoms with E-state index in [1.54, 1.807) is 13.0 Å². The maximum Gasteiger partial charge on any atom is 0.271 e. The van der Waals surface area contributed by atoms with Gasteiger partial charge in [0.25, 0.3) is 5.69 Å². The summed E-state index contributed by atoms with van der Waals surface area (Å²) in [5.74, 6) is -1.85. The van der Waals surface area contributed by atoms with E-state index in [1.165, 1.54) is 43.3 Å². The summed E-state index contributed by atoms with van der Waals surface area (Å²) >= 11 is 0. The molecule has 0 fully saturated rings. The van der Waals surface area contributed by atoms with Crippen LogP contribution < -0.4 is 9.62 Å². The molecule has 10 nitrogen and oxygen atoms in total. The van der Waals surface area contributed by atoms with Crippen LogP contribution in [0.5, 0.6) is 0 Å². The first-order chi connectivity index (χ1) is 16.3. The van der Waals surface area contributed by atoms with Crippen molar-refractivity contribution in [3.8, 4) is 0 Å². The standard InChI is InChI=1S/C23H29FN4O6S/c1-5-16(2)25-23(30)17(3)26(14-18-9-6-7-12-21(18)24)22(29)15-27(35(4,33)34)19-10-8-11-20(13-19)28(31)32/h6-13,16-17H,5,14-15H2,1-4H3,(H,25,30)/t16-,17-/m1/s1. The summed E-state index contributed by atoms with van der Waals surface area (Å²) in [6, 6.07) is 9.37. The normalized spacial score (nSPS) is 12.9. The molecule has 0 unspecified atom stereocenters. The van der Waals surface area contributed by atoms with Crippen LogP contribution in [0.15, 0.2) is 48.5 Å². The van der Waals surface area contributed by atoms with Gasteiger partial charge in [0.2, 0.25) is 21.8 Å². The summed E-state index contributed by atoms with van der Waals surface area (Å²) in [5.41, 5.74) is -0.295. The lowest BCUT2D eigenvalue weighted by Gasteiger charge is -2.32. The Hall–Kier alpha value is -3.54. The molecule has 2 atom stereocenters. The number of hydrogen-bond acceptors (Lipinski definition) is 6. The molecule has 0 heterocycles. The number of carbonyl (C=O) groups is 2. The second kappa shape index (κ2) is 11.7. The van der Waals surface area contributed by atoms with Gasteiger partial charge < -0.3 is 10.2 Å². The van der Waals surface area contributed by atoms with Gasteiger partial charge in [0.05, 0.1) is 16.9 Å². The van der Waals surface area contributed by atoms with Crippen LogP contribution >= 0.6 is 0 Å². The molecule has 0 aliphatic rings. The van der Waals surface area contributed by atoms with E-state index in [2.05, 4.69) is 5.32 Å². The smallest absolute Gasteiger partial charge is 0.271 e. The zero-order valence-corrected chi connectivity index (χ0v) is 20.8. The van der Waals surface area contributed by atoms with E-state index in [1.807, 2.05) is 6.92 Å². The molecule has 0 radical (unpaired) electrons. The number of anilines is 1. The Morgan fingerprint density at radius 1 is 1.14 bits per heavy atom. The van der Waals surface area contributed by atoms with E-state index in [-0.39, 0.29) is 29.5 Å². The molecule has 0 spiro atoms. The second-order valence-electron chi connectivity index (χ2n) is 8.15. The molecule has 0 saturated carbocycles. The summed E-state index contributed by atoms with van der Waals surface area (Å²) in [6.07, 6.45) is 1.51. The number of nitro groups is 1. The number of benzene rings is 2. The topological polar surface area (TPSA) is 130 Å². The molecule has 0 aliphatic carbocycles. The Morgan fingerprint density at radius 2 is 1.80 bits per heavy atom. The van der Waals surface area contributed by atoms with Crippen molar-refractivity contribution in [1.29, 1.82) is 0 Å². The first-order valence-corrected chi connectivity index (χ1v) is 12.7. The van der Waals surface area contributed by atoms with Crippen molar-refractivity contribution in [1.82, 2.24) is 10.2 Å². The highest BCUT2D eigenvalue weighted by atomic mass is 32.2. The lowest BCUT2D eigenvalue weighted by atomic mass is 10.1. The van der Waals surface area contributed by atoms with Gasteiger partial charge in [-0.05, 0) is 32.4 Å². The molecule has 190 valence electrons. The van der Waals surface area contributed by atoms with Crippen molar-refractivity contribution in [3.05, 3.63) is 70.0 Å². The number of amides is 2. The molecule has 0 aliphatic heterocycles. The van der Waals surface area contributed by atoms with Crippen LogP contribution in [0.2, 0.25) is 0 Å². The summed E-state index contributed by atoms with van der Waals surface area (Å²) in [6.45, 7) is 4.11. The average Bonchev–Trinajstić information content (AvgIpc) is 2.80. The van der Waals surface area contributed by atoms with Crippen LogP contribution in [0, 0.1) is 15.9 Å². The van der Waals surface area contributed by atoms with Crippen LogP contribution in [0.1, 0.15) is 32.8 Å². The fourth-order valence-corrected chi connectivity index (χ4v) is 4.08. The maximum absolute atomic E-state index is 14.4. The average molecular weight is 509 g/mol. The van der Waals surface area contributed by atoms with E-state index in [0.29, 0.717) is 6.42 Å². The Bertz CT molecular complexity index is 1190. The lowest BCUT2D eigenvalue weighted by molar-refractivity contribution is -0.384. The SMILES string of the molecule is CC[C@@H](C)NC(=O)[C@@H](C)N(Cc1ccccc1F)C(=O)CN(c1cccc([N+](=O)[O-])c1)S(C)(=O)=O. The van der Waals surface area contributed by atoms with E-state index >= 15 is 0 Å². The van der Waals surface area contributed by atoms with Crippen LogP contribution in [0.25, 0.3) is 0 Å². The van der Waals surface area contributed by atoms with Gasteiger partial charge in [-0.2, -0.15) is 0 Å². The molecular weight excluding hydrogens is 479 g/mol. The van der Waals surface area contributed by atoms with Crippen molar-refractivity contribution < 1.29 is 27.3 Å². The van der Waals surface area contributed by atoms with Gasteiger partial charge in [-0.15, -0.1) is 0 Å². The summed E-state index contributed by atoms with van der Waals surface area (Å²) in [7, 11) is -4.05. The number of carbonyl (C=O) groups excluding carboxylic acids is 2. The van der Waals surface area contributed by atoms with Gasteiger partial charge in [-0.3, -0.25) is 24.0 Å². The largest absolute Gasteiger partial charge is 0.352 e. The number of non-ortho nitro benzene ring substituents is 1. The minimum Gasteiger partial charge on any atom is -0.352 e. The molecule has 0 aromatic heterocycles. The third kappa shape index (κ3) is 7.47. The third-order valence-electron chi connectivity index (χ3n) is 5.47. The molecular formula is C23H29FN4O6S. The second-order valence-corrected chi connectivity index (χ2v) is 10.1. The zero-order chi connectivity index (χ0) is 26.3. The predicted molar refractivity (Wildman–Crippen MR) is 130 cm³/mol. The highest BCUT2D eigenvalue weighted by Crippen LogP contribution is 2.24. The Labute approximate surface area is 203 Å². The predicted octanol–water partition coefficient (Wildman–Crippen LogP) is 2.83. The van der Waals surface area contributed by atoms with Crippen LogP contribution in [0.3, 0.4) is 0 Å². The fraction of sp³-hybridized carbons (Fsp3) is 0.391. The molecule has 2 amide bonds. The first-order valence-electron chi connectivity index (χ1n) is 10.9. The molecule has 1 N–H and O–H groups in total. The number of sulfonamides is 1. The van der Waals surface area contributed by atoms with Crippen molar-refractivity contribution >= 4 is 33.2 Å². The van der Waals surface area contributed by atoms with E-state index in [9.17, 15) is 32.5 Å². The number of nitrogens with zero attached hydrogens (tertiary/aromatic N) is 3. The highest BCUT2D eigenvalue weighted by Gasteiger charge is 2.31. The quantitative estimate of drug-likeness (QED) is 0.367. The maximum atomic E-state index is 14.4. The van der Waals surface area contributed by atoms with Gasteiger partial charge in [0, 0.05) is 30.3 Å². The van der Waals surface area contributed by atoms with Gasteiger partial charge >= 0.3 is 0 Å². The van der Waals surface area contributed by atoms with E-state index in [4.69, 9.17) is 0 Å². The van der Waals surface area contributed by atoms with Crippen LogP contribution in [-0.4, -0.2) is 54.9 Å². The molecule has 0 bridgehead atoms. The summed E-state index contributed by atoms with van der Waals surface area (Å²) < 4.78 is 40.1. The monoisotopic (exact) mass is 508 g/mol. The molecule has 35 heavy (non-hydrogen) atoms. The van der Waals surface area contributed by atoms with Crippen LogP contribution in [-0.2, 0) is 26.2 Å². The molecule has 2 rings (SSSR count). The van der Waals surface area contributed by atoms with Gasteiger partial charge in [0.1, 0.15) is 18.4 Å². The number of rotatable bonds is 11. The summed E-state index contributed by atoms with van der Waals surface area (Å²) in [4.78, 5) is 37.7. The van der Waals surface area contributed by atoms with Gasteiger partial charge in [-0.1, -0.05) is 31.2 Å². The van der Waals surface area contributed by atoms with Gasteiger partial charge in [0.15, 0.2) is 0 Å². The lowest BCUT2D eigenvalue weighted by Crippen LogP contribution is -2.52. The van der Waals surface area contributed by atoms with E-state index in [0.717, 1.165) is 21.5 Å². The Kier molecular flexibility index (Phi) is 9.29. The number of nitro benzene ring substituents is 1. The first kappa shape index (κ1) is 27.7. The molecule has 2 aromatic rings. The zero-order valence-electron chi connectivity index (χ0n) is 20.0. The fourth-order valence-electron chi connectivity index (χ4n) is 3.23. The Morgan fingerprint density at radius 3 is 2.37 bits per heavy atom.